The van der Waals surface area contributed by atoms with Crippen molar-refractivity contribution in [3.63, 3.8) is 0 Å². The molecular weight excluding hydrogens is 460 g/mol. The van der Waals surface area contributed by atoms with Crippen LogP contribution in [0.4, 0.5) is 5.82 Å². The fourth-order valence-electron chi connectivity index (χ4n) is 3.75. The van der Waals surface area contributed by atoms with E-state index in [0.717, 1.165) is 11.4 Å². The van der Waals surface area contributed by atoms with Crippen molar-refractivity contribution in [2.75, 3.05) is 31.1 Å². The first kappa shape index (κ1) is 23.2. The van der Waals surface area contributed by atoms with Crippen molar-refractivity contribution in [2.45, 2.75) is 18.4 Å². The molecular formula is C24H25ClN4O3S. The highest BCUT2D eigenvalue weighted by molar-refractivity contribution is 7.89. The topological polar surface area (TPSA) is 82.6 Å². The number of nitrogens with one attached hydrogen (secondary N) is 1. The molecule has 4 rings (SSSR count). The number of rotatable bonds is 6. The second-order valence-electron chi connectivity index (χ2n) is 7.90. The van der Waals surface area contributed by atoms with Gasteiger partial charge in [-0.1, -0.05) is 48.0 Å². The normalized spacial score (nSPS) is 14.4. The zero-order valence-electron chi connectivity index (χ0n) is 18.2. The van der Waals surface area contributed by atoms with E-state index in [-0.39, 0.29) is 17.3 Å². The number of hydrogen-bond acceptors (Lipinski definition) is 5. The van der Waals surface area contributed by atoms with Crippen LogP contribution in [-0.4, -0.2) is 50.4 Å². The lowest BCUT2D eigenvalue weighted by atomic mass is 10.1. The van der Waals surface area contributed by atoms with E-state index < -0.39 is 10.0 Å². The van der Waals surface area contributed by atoms with Crippen LogP contribution in [0.3, 0.4) is 0 Å². The molecule has 1 N–H and O–H groups in total. The van der Waals surface area contributed by atoms with Crippen molar-refractivity contribution < 1.29 is 13.2 Å². The maximum atomic E-state index is 13.1. The Bertz CT molecular complexity index is 1230. The molecule has 2 aromatic carbocycles. The molecule has 1 aromatic heterocycles. The van der Waals surface area contributed by atoms with Crippen LogP contribution in [0, 0.1) is 6.92 Å². The van der Waals surface area contributed by atoms with Crippen molar-refractivity contribution in [2.24, 2.45) is 0 Å². The van der Waals surface area contributed by atoms with Gasteiger partial charge in [-0.25, -0.2) is 18.1 Å². The number of anilines is 1. The fraction of sp³-hybridized carbons (Fsp3) is 0.250. The summed E-state index contributed by atoms with van der Waals surface area (Å²) in [5.41, 5.74) is 1.81. The number of hydrogen-bond donors (Lipinski definition) is 1. The zero-order chi connectivity index (χ0) is 23.4. The summed E-state index contributed by atoms with van der Waals surface area (Å²) in [5.74, 6) is 0.637. The average Bonchev–Trinajstić information content (AvgIpc) is 2.84. The monoisotopic (exact) mass is 484 g/mol. The molecule has 1 saturated heterocycles. The van der Waals surface area contributed by atoms with Crippen molar-refractivity contribution in [1.82, 2.24) is 14.6 Å². The summed E-state index contributed by atoms with van der Waals surface area (Å²) in [7, 11) is -3.77. The third-order valence-corrected chi connectivity index (χ3v) is 7.40. The van der Waals surface area contributed by atoms with Crippen molar-refractivity contribution in [1.29, 1.82) is 0 Å². The number of benzene rings is 2. The van der Waals surface area contributed by atoms with E-state index in [9.17, 15) is 13.2 Å². The summed E-state index contributed by atoms with van der Waals surface area (Å²) in [4.78, 5) is 21.4. The first-order chi connectivity index (χ1) is 15.8. The molecule has 1 amide bonds. The number of aromatic nitrogens is 1. The largest absolute Gasteiger partial charge is 0.353 e. The molecule has 1 aliphatic rings. The van der Waals surface area contributed by atoms with Crippen LogP contribution >= 0.6 is 11.6 Å². The summed E-state index contributed by atoms with van der Waals surface area (Å²) in [6.07, 6.45) is 1.61. The molecule has 33 heavy (non-hydrogen) atoms. The van der Waals surface area contributed by atoms with Crippen molar-refractivity contribution in [3.8, 4) is 0 Å². The van der Waals surface area contributed by atoms with E-state index in [1.54, 1.807) is 36.2 Å². The molecule has 3 aromatic rings. The number of sulfonamides is 1. The van der Waals surface area contributed by atoms with Gasteiger partial charge in [0.05, 0.1) is 9.92 Å². The standard InChI is InChI=1S/C24H25ClN4O3S/c1-18-7-8-20(15-22(18)33(31,32)27-16-19-5-3-2-4-6-19)24(30)29-13-11-28(12-14-29)23-10-9-21(25)17-26-23/h2-10,15,17,27H,11-14,16H2,1H3. The highest BCUT2D eigenvalue weighted by Gasteiger charge is 2.25. The third kappa shape index (κ3) is 5.52. The van der Waals surface area contributed by atoms with E-state index in [2.05, 4.69) is 14.6 Å². The number of aryl methyl sites for hydroxylation is 1. The van der Waals surface area contributed by atoms with Gasteiger partial charge in [0.25, 0.3) is 5.91 Å². The average molecular weight is 485 g/mol. The molecule has 1 aliphatic heterocycles. The van der Waals surface area contributed by atoms with E-state index in [4.69, 9.17) is 11.6 Å². The van der Waals surface area contributed by atoms with Crippen LogP contribution in [0.1, 0.15) is 21.5 Å². The maximum absolute atomic E-state index is 13.1. The van der Waals surface area contributed by atoms with Crippen LogP contribution < -0.4 is 9.62 Å². The number of amides is 1. The van der Waals surface area contributed by atoms with Gasteiger partial charge in [-0.15, -0.1) is 0 Å². The Kier molecular flexibility index (Phi) is 6.97. The van der Waals surface area contributed by atoms with E-state index >= 15 is 0 Å². The smallest absolute Gasteiger partial charge is 0.254 e. The first-order valence-corrected chi connectivity index (χ1v) is 12.5. The quantitative estimate of drug-likeness (QED) is 0.579. The molecule has 0 bridgehead atoms. The van der Waals surface area contributed by atoms with Gasteiger partial charge >= 0.3 is 0 Å². The Hall–Kier alpha value is -2.94. The van der Waals surface area contributed by atoms with Crippen molar-refractivity contribution in [3.05, 3.63) is 88.6 Å². The molecule has 0 saturated carbocycles. The minimum Gasteiger partial charge on any atom is -0.353 e. The Balaban J connectivity index is 1.44. The van der Waals surface area contributed by atoms with Gasteiger partial charge in [0, 0.05) is 44.5 Å². The van der Waals surface area contributed by atoms with Crippen LogP contribution in [0.5, 0.6) is 0 Å². The predicted octanol–water partition coefficient (Wildman–Crippen LogP) is 3.48. The molecule has 0 unspecified atom stereocenters. The van der Waals surface area contributed by atoms with Gasteiger partial charge in [-0.05, 0) is 42.3 Å². The van der Waals surface area contributed by atoms with Gasteiger partial charge in [0.15, 0.2) is 0 Å². The highest BCUT2D eigenvalue weighted by Crippen LogP contribution is 2.21. The molecule has 9 heteroatoms. The minimum atomic E-state index is -3.77. The number of pyridine rings is 1. The molecule has 0 spiro atoms. The molecule has 0 atom stereocenters. The molecule has 2 heterocycles. The second-order valence-corrected chi connectivity index (χ2v) is 10.1. The van der Waals surface area contributed by atoms with Crippen LogP contribution in [0.25, 0.3) is 0 Å². The number of halogens is 1. The summed E-state index contributed by atoms with van der Waals surface area (Å²) in [6.45, 7) is 4.22. The Morgan fingerprint density at radius 3 is 2.42 bits per heavy atom. The summed E-state index contributed by atoms with van der Waals surface area (Å²) in [5, 5.41) is 0.580. The molecule has 172 valence electrons. The Morgan fingerprint density at radius 2 is 1.76 bits per heavy atom. The lowest BCUT2D eigenvalue weighted by Gasteiger charge is -2.35. The third-order valence-electron chi connectivity index (χ3n) is 5.64. The molecule has 7 nitrogen and oxygen atoms in total. The summed E-state index contributed by atoms with van der Waals surface area (Å²) in [6, 6.07) is 17.8. The van der Waals surface area contributed by atoms with E-state index in [1.165, 1.54) is 6.07 Å². The Labute approximate surface area is 199 Å². The zero-order valence-corrected chi connectivity index (χ0v) is 19.8. The molecule has 0 radical (unpaired) electrons. The van der Waals surface area contributed by atoms with Gasteiger partial charge in [0.1, 0.15) is 5.82 Å². The molecule has 0 aliphatic carbocycles. The van der Waals surface area contributed by atoms with Crippen LogP contribution in [-0.2, 0) is 16.6 Å². The van der Waals surface area contributed by atoms with Gasteiger partial charge in [-0.2, -0.15) is 0 Å². The van der Waals surface area contributed by atoms with Gasteiger partial charge in [-0.3, -0.25) is 4.79 Å². The van der Waals surface area contributed by atoms with Crippen LogP contribution in [0.2, 0.25) is 5.02 Å². The van der Waals surface area contributed by atoms with Gasteiger partial charge < -0.3 is 9.80 Å². The lowest BCUT2D eigenvalue weighted by Crippen LogP contribution is -2.49. The van der Waals surface area contributed by atoms with Gasteiger partial charge in [0.2, 0.25) is 10.0 Å². The number of carbonyl (C=O) groups is 1. The Morgan fingerprint density at radius 1 is 1.03 bits per heavy atom. The maximum Gasteiger partial charge on any atom is 0.254 e. The van der Waals surface area contributed by atoms with Crippen LogP contribution in [0.15, 0.2) is 71.8 Å². The second kappa shape index (κ2) is 9.91. The number of piperazine rings is 1. The highest BCUT2D eigenvalue weighted by atomic mass is 35.5. The minimum absolute atomic E-state index is 0.119. The number of nitrogens with zero attached hydrogens (tertiary/aromatic N) is 3. The predicted molar refractivity (Wildman–Crippen MR) is 129 cm³/mol. The summed E-state index contributed by atoms with van der Waals surface area (Å²) < 4.78 is 28.5. The lowest BCUT2D eigenvalue weighted by molar-refractivity contribution is 0.0746. The molecule has 1 fully saturated rings. The first-order valence-electron chi connectivity index (χ1n) is 10.6. The number of carbonyl (C=O) groups excluding carboxylic acids is 1. The van der Waals surface area contributed by atoms with E-state index in [0.29, 0.717) is 42.3 Å². The van der Waals surface area contributed by atoms with E-state index in [1.807, 2.05) is 36.4 Å². The summed E-state index contributed by atoms with van der Waals surface area (Å²) >= 11 is 5.91. The van der Waals surface area contributed by atoms with Crippen molar-refractivity contribution >= 4 is 33.3 Å². The fourth-order valence-corrected chi connectivity index (χ4v) is 5.15. The SMILES string of the molecule is Cc1ccc(C(=O)N2CCN(c3ccc(Cl)cn3)CC2)cc1S(=O)(=O)NCc1ccccc1.